The molecule has 0 spiro atoms. The first-order valence-electron chi connectivity index (χ1n) is 2.91. The van der Waals surface area contributed by atoms with Crippen molar-refractivity contribution in [3.8, 4) is 0 Å². The summed E-state index contributed by atoms with van der Waals surface area (Å²) in [5.74, 6) is 0.862. The number of hydrogen-bond acceptors (Lipinski definition) is 2. The number of nitrogens with one attached hydrogen (secondary N) is 1. The molecule has 4 heteroatoms. The zero-order chi connectivity index (χ0) is 7.11. The molecule has 3 N–H and O–H groups in total. The van der Waals surface area contributed by atoms with Crippen LogP contribution in [0.4, 0.5) is 4.79 Å². The Hall–Kier alpha value is -0.380. The lowest BCUT2D eigenvalue weighted by molar-refractivity contribution is 0.249. The molecule has 0 heterocycles. The van der Waals surface area contributed by atoms with Crippen LogP contribution in [-0.4, -0.2) is 18.3 Å². The summed E-state index contributed by atoms with van der Waals surface area (Å²) < 4.78 is 0. The van der Waals surface area contributed by atoms with Crippen LogP contribution >= 0.6 is 12.6 Å². The number of unbranched alkanes of at least 4 members (excludes halogenated alkanes) is 1. The smallest absolute Gasteiger partial charge is 0.312 e. The highest BCUT2D eigenvalue weighted by atomic mass is 32.1. The molecule has 0 saturated carbocycles. The number of amides is 2. The van der Waals surface area contributed by atoms with E-state index in [1.807, 2.05) is 0 Å². The molecule has 0 aliphatic carbocycles. The van der Waals surface area contributed by atoms with Crippen molar-refractivity contribution >= 4 is 18.7 Å². The molecule has 0 aliphatic heterocycles. The summed E-state index contributed by atoms with van der Waals surface area (Å²) in [5.41, 5.74) is 4.81. The maximum atomic E-state index is 10.1. The van der Waals surface area contributed by atoms with E-state index < -0.39 is 6.03 Å². The van der Waals surface area contributed by atoms with E-state index in [-0.39, 0.29) is 0 Å². The Morgan fingerprint density at radius 2 is 2.22 bits per heavy atom. The van der Waals surface area contributed by atoms with Crippen molar-refractivity contribution in [1.29, 1.82) is 0 Å². The fraction of sp³-hybridized carbons (Fsp3) is 0.800. The topological polar surface area (TPSA) is 55.1 Å². The number of hydrogen-bond donors (Lipinski definition) is 3. The summed E-state index contributed by atoms with van der Waals surface area (Å²) in [6.07, 6.45) is 1.97. The third-order valence-corrected chi connectivity index (χ3v) is 1.20. The zero-order valence-electron chi connectivity index (χ0n) is 5.26. The van der Waals surface area contributed by atoms with Gasteiger partial charge in [-0.05, 0) is 18.6 Å². The van der Waals surface area contributed by atoms with Gasteiger partial charge in [0.25, 0.3) is 0 Å². The van der Waals surface area contributed by atoms with E-state index in [4.69, 9.17) is 5.73 Å². The van der Waals surface area contributed by atoms with Crippen LogP contribution in [0.1, 0.15) is 12.8 Å². The molecule has 3 nitrogen and oxygen atoms in total. The van der Waals surface area contributed by atoms with Crippen molar-refractivity contribution < 1.29 is 4.79 Å². The van der Waals surface area contributed by atoms with Crippen molar-refractivity contribution in [2.45, 2.75) is 12.8 Å². The van der Waals surface area contributed by atoms with Gasteiger partial charge in [-0.1, -0.05) is 0 Å². The maximum absolute atomic E-state index is 10.1. The predicted octanol–water partition coefficient (Wildman–Crippen LogP) is 0.365. The minimum absolute atomic E-state index is 0.450. The number of carbonyl (C=O) groups is 1. The van der Waals surface area contributed by atoms with Crippen molar-refractivity contribution in [3.63, 3.8) is 0 Å². The van der Waals surface area contributed by atoms with Crippen LogP contribution in [0.3, 0.4) is 0 Å². The normalized spacial score (nSPS) is 9.00. The summed E-state index contributed by atoms with van der Waals surface area (Å²) in [4.78, 5) is 10.1. The Morgan fingerprint density at radius 1 is 1.56 bits per heavy atom. The molecular weight excluding hydrogens is 136 g/mol. The number of nitrogens with two attached hydrogens (primary N) is 1. The summed E-state index contributed by atoms with van der Waals surface area (Å²) in [5, 5.41) is 2.49. The Morgan fingerprint density at radius 3 is 2.67 bits per heavy atom. The minimum atomic E-state index is -0.450. The van der Waals surface area contributed by atoms with Gasteiger partial charge in [0.05, 0.1) is 0 Å². The van der Waals surface area contributed by atoms with Gasteiger partial charge in [-0.25, -0.2) is 4.79 Å². The van der Waals surface area contributed by atoms with Crippen molar-refractivity contribution in [1.82, 2.24) is 5.32 Å². The summed E-state index contributed by atoms with van der Waals surface area (Å²) >= 11 is 4.00. The summed E-state index contributed by atoms with van der Waals surface area (Å²) in [6, 6.07) is -0.450. The molecule has 0 aliphatic rings. The van der Waals surface area contributed by atoms with Gasteiger partial charge >= 0.3 is 6.03 Å². The molecule has 9 heavy (non-hydrogen) atoms. The highest BCUT2D eigenvalue weighted by molar-refractivity contribution is 7.80. The fourth-order valence-corrected chi connectivity index (χ4v) is 0.672. The summed E-state index contributed by atoms with van der Waals surface area (Å²) in [6.45, 7) is 0.663. The third kappa shape index (κ3) is 7.62. The second kappa shape index (κ2) is 5.75. The lowest BCUT2D eigenvalue weighted by Crippen LogP contribution is -2.29. The maximum Gasteiger partial charge on any atom is 0.312 e. The molecule has 0 rings (SSSR count). The van der Waals surface area contributed by atoms with Gasteiger partial charge in [-0.3, -0.25) is 0 Å². The van der Waals surface area contributed by atoms with E-state index in [9.17, 15) is 4.79 Å². The SMILES string of the molecule is NC(=O)NCCCCS. The predicted molar refractivity (Wildman–Crippen MR) is 40.7 cm³/mol. The van der Waals surface area contributed by atoms with Gasteiger partial charge in [0.1, 0.15) is 0 Å². The van der Waals surface area contributed by atoms with E-state index in [2.05, 4.69) is 17.9 Å². The molecule has 0 unspecified atom stereocenters. The fourth-order valence-electron chi connectivity index (χ4n) is 0.448. The standard InChI is InChI=1S/C5H12N2OS/c6-5(8)7-3-1-2-4-9/h9H,1-4H2,(H3,6,7,8). The molecule has 0 saturated heterocycles. The van der Waals surface area contributed by atoms with Crippen LogP contribution < -0.4 is 11.1 Å². The van der Waals surface area contributed by atoms with Crippen LogP contribution in [0.5, 0.6) is 0 Å². The lowest BCUT2D eigenvalue weighted by atomic mass is 10.3. The monoisotopic (exact) mass is 148 g/mol. The van der Waals surface area contributed by atoms with Crippen LogP contribution in [0, 0.1) is 0 Å². The second-order valence-electron chi connectivity index (χ2n) is 1.72. The molecule has 0 radical (unpaired) electrons. The van der Waals surface area contributed by atoms with E-state index in [1.165, 1.54) is 0 Å². The largest absolute Gasteiger partial charge is 0.352 e. The molecule has 0 atom stereocenters. The Kier molecular flexibility index (Phi) is 5.51. The average Bonchev–Trinajstić information content (AvgIpc) is 1.80. The number of carbonyl (C=O) groups excluding carboxylic acids is 1. The molecule has 2 amide bonds. The van der Waals surface area contributed by atoms with Crippen LogP contribution in [-0.2, 0) is 0 Å². The molecule has 0 aromatic heterocycles. The molecule has 0 aromatic rings. The first-order chi connectivity index (χ1) is 4.27. The third-order valence-electron chi connectivity index (χ3n) is 0.884. The number of primary amides is 1. The van der Waals surface area contributed by atoms with E-state index in [0.29, 0.717) is 6.54 Å². The van der Waals surface area contributed by atoms with E-state index in [0.717, 1.165) is 18.6 Å². The van der Waals surface area contributed by atoms with Gasteiger partial charge < -0.3 is 11.1 Å². The Bertz CT molecular complexity index is 87.0. The van der Waals surface area contributed by atoms with Crippen molar-refractivity contribution in [3.05, 3.63) is 0 Å². The average molecular weight is 148 g/mol. The highest BCUT2D eigenvalue weighted by Crippen LogP contribution is 1.87. The lowest BCUT2D eigenvalue weighted by Gasteiger charge is -1.97. The summed E-state index contributed by atoms with van der Waals surface area (Å²) in [7, 11) is 0. The Balaban J connectivity index is 2.83. The molecule has 0 bridgehead atoms. The van der Waals surface area contributed by atoms with Gasteiger partial charge in [0, 0.05) is 6.54 Å². The number of rotatable bonds is 4. The van der Waals surface area contributed by atoms with Crippen molar-refractivity contribution in [2.24, 2.45) is 5.73 Å². The van der Waals surface area contributed by atoms with Crippen LogP contribution in [0.15, 0.2) is 0 Å². The van der Waals surface area contributed by atoms with Gasteiger partial charge in [0.15, 0.2) is 0 Å². The van der Waals surface area contributed by atoms with Crippen molar-refractivity contribution in [2.75, 3.05) is 12.3 Å². The number of urea groups is 1. The van der Waals surface area contributed by atoms with Crippen LogP contribution in [0.25, 0.3) is 0 Å². The zero-order valence-corrected chi connectivity index (χ0v) is 6.16. The molecule has 0 aromatic carbocycles. The van der Waals surface area contributed by atoms with E-state index in [1.54, 1.807) is 0 Å². The quantitative estimate of drug-likeness (QED) is 0.391. The minimum Gasteiger partial charge on any atom is -0.352 e. The Labute approximate surface area is 60.4 Å². The van der Waals surface area contributed by atoms with Gasteiger partial charge in [0.2, 0.25) is 0 Å². The molecule has 54 valence electrons. The first-order valence-corrected chi connectivity index (χ1v) is 3.55. The van der Waals surface area contributed by atoms with Crippen LogP contribution in [0.2, 0.25) is 0 Å². The van der Waals surface area contributed by atoms with Gasteiger partial charge in [-0.2, -0.15) is 12.6 Å². The number of thiol groups is 1. The second-order valence-corrected chi connectivity index (χ2v) is 2.17. The van der Waals surface area contributed by atoms with Gasteiger partial charge in [-0.15, -0.1) is 0 Å². The molecular formula is C5H12N2OS. The van der Waals surface area contributed by atoms with E-state index >= 15 is 0 Å². The first kappa shape index (κ1) is 8.62. The highest BCUT2D eigenvalue weighted by Gasteiger charge is 1.88. The molecule has 0 fully saturated rings.